The molecule has 28 heavy (non-hydrogen) atoms. The Kier molecular flexibility index (Phi) is 6.15. The number of carbonyl (C=O) groups is 2. The van der Waals surface area contributed by atoms with Crippen LogP contribution in [0.4, 0.5) is 0 Å². The number of esters is 1. The van der Waals surface area contributed by atoms with Gasteiger partial charge in [-0.15, -0.1) is 4.73 Å². The molecule has 3 rings (SSSR count). The van der Waals surface area contributed by atoms with Crippen LogP contribution in [0.3, 0.4) is 0 Å². The van der Waals surface area contributed by atoms with E-state index in [0.29, 0.717) is 4.73 Å². The van der Waals surface area contributed by atoms with Gasteiger partial charge in [0.2, 0.25) is 11.8 Å². The summed E-state index contributed by atoms with van der Waals surface area (Å²) in [6.07, 6.45) is 4.06. The van der Waals surface area contributed by atoms with Gasteiger partial charge in [-0.05, 0) is 31.6 Å². The van der Waals surface area contributed by atoms with E-state index in [0.717, 1.165) is 18.5 Å². The molecular formula is C19H23N3O6. The van der Waals surface area contributed by atoms with Gasteiger partial charge >= 0.3 is 11.9 Å². The highest BCUT2D eigenvalue weighted by atomic mass is 16.7. The molecule has 1 aliphatic heterocycles. The number of hydrogen-bond donors (Lipinski definition) is 2. The first-order valence-corrected chi connectivity index (χ1v) is 9.02. The van der Waals surface area contributed by atoms with Crippen LogP contribution in [0.1, 0.15) is 30.9 Å². The van der Waals surface area contributed by atoms with Crippen molar-refractivity contribution >= 4 is 11.9 Å². The van der Waals surface area contributed by atoms with E-state index in [1.54, 1.807) is 6.20 Å². The lowest BCUT2D eigenvalue weighted by molar-refractivity contribution is -0.152. The average Bonchev–Trinajstić information content (AvgIpc) is 3.22. The van der Waals surface area contributed by atoms with Crippen molar-refractivity contribution in [2.45, 2.75) is 25.3 Å². The molecule has 2 aromatic heterocycles. The van der Waals surface area contributed by atoms with Crippen molar-refractivity contribution in [3.8, 4) is 11.8 Å². The molecule has 0 saturated carbocycles. The van der Waals surface area contributed by atoms with Gasteiger partial charge in [0.25, 0.3) is 0 Å². The summed E-state index contributed by atoms with van der Waals surface area (Å²) in [5.74, 6) is -1.95. The molecule has 0 aromatic carbocycles. The number of ether oxygens (including phenoxy) is 1. The Morgan fingerprint density at radius 1 is 1.18 bits per heavy atom. The summed E-state index contributed by atoms with van der Waals surface area (Å²) in [4.78, 5) is 34.9. The first-order chi connectivity index (χ1) is 13.5. The van der Waals surface area contributed by atoms with E-state index in [2.05, 4.69) is 9.88 Å². The van der Waals surface area contributed by atoms with Crippen LogP contribution in [0, 0.1) is 5.92 Å². The Bertz CT molecular complexity index is 803. The molecule has 2 atom stereocenters. The second-order valence-corrected chi connectivity index (χ2v) is 6.75. The number of pyridine rings is 1. The third-order valence-corrected chi connectivity index (χ3v) is 4.78. The molecular weight excluding hydrogens is 366 g/mol. The molecule has 0 spiro atoms. The molecule has 0 aliphatic carbocycles. The molecule has 2 N–H and O–H groups in total. The first-order valence-electron chi connectivity index (χ1n) is 9.02. The van der Waals surface area contributed by atoms with Crippen LogP contribution < -0.4 is 4.84 Å². The Morgan fingerprint density at radius 3 is 2.57 bits per heavy atom. The van der Waals surface area contributed by atoms with E-state index >= 15 is 0 Å². The third kappa shape index (κ3) is 4.61. The second-order valence-electron chi connectivity index (χ2n) is 6.75. The van der Waals surface area contributed by atoms with Gasteiger partial charge in [0.1, 0.15) is 0 Å². The summed E-state index contributed by atoms with van der Waals surface area (Å²) < 4.78 is 5.94. The smallest absolute Gasteiger partial charge is 0.333 e. The van der Waals surface area contributed by atoms with Crippen LogP contribution in [0.25, 0.3) is 0 Å². The van der Waals surface area contributed by atoms with Gasteiger partial charge in [-0.3, -0.25) is 14.7 Å². The topological polar surface area (TPSA) is 114 Å². The first kappa shape index (κ1) is 19.7. The molecule has 9 nitrogen and oxygen atoms in total. The maximum atomic E-state index is 12.0. The molecule has 0 bridgehead atoms. The van der Waals surface area contributed by atoms with Gasteiger partial charge in [0, 0.05) is 36.5 Å². The van der Waals surface area contributed by atoms with Crippen LogP contribution >= 0.6 is 0 Å². The number of likely N-dealkylation sites (tertiary alicyclic amines) is 1. The minimum Gasteiger partial charge on any atom is -0.492 e. The van der Waals surface area contributed by atoms with Crippen LogP contribution in [0.15, 0.2) is 36.7 Å². The highest BCUT2D eigenvalue weighted by Gasteiger charge is 2.34. The van der Waals surface area contributed by atoms with E-state index in [1.165, 1.54) is 12.1 Å². The predicted octanol–water partition coefficient (Wildman–Crippen LogP) is 1.27. The standard InChI is InChI=1S/C19H23N3O6/c1-21-10-8-14(19(21)13-3-2-9-20-11-13)12-27-17(25)6-7-18(26)28-22-15(23)4-5-16(22)24/h2-5,9,11,14,19,23-24H,6-8,10,12H2,1H3/t14-,19?/m1/s1. The number of carbonyl (C=O) groups excluding carboxylic acids is 2. The van der Waals surface area contributed by atoms with Crippen LogP contribution in [-0.4, -0.2) is 57.0 Å². The van der Waals surface area contributed by atoms with Gasteiger partial charge in [0.15, 0.2) is 0 Å². The van der Waals surface area contributed by atoms with Crippen LogP contribution in [-0.2, 0) is 14.3 Å². The summed E-state index contributed by atoms with van der Waals surface area (Å²) in [7, 11) is 2.03. The van der Waals surface area contributed by atoms with Crippen molar-refractivity contribution in [2.24, 2.45) is 5.92 Å². The van der Waals surface area contributed by atoms with Gasteiger partial charge in [-0.25, -0.2) is 4.79 Å². The maximum Gasteiger partial charge on any atom is 0.333 e. The molecule has 150 valence electrons. The minimum atomic E-state index is -0.771. The predicted molar refractivity (Wildman–Crippen MR) is 97.3 cm³/mol. The fourth-order valence-corrected chi connectivity index (χ4v) is 3.40. The van der Waals surface area contributed by atoms with Gasteiger partial charge in [-0.2, -0.15) is 0 Å². The quantitative estimate of drug-likeness (QED) is 0.681. The van der Waals surface area contributed by atoms with Crippen molar-refractivity contribution < 1.29 is 29.4 Å². The van der Waals surface area contributed by atoms with E-state index < -0.39 is 23.7 Å². The summed E-state index contributed by atoms with van der Waals surface area (Å²) in [5.41, 5.74) is 1.08. The zero-order chi connectivity index (χ0) is 20.1. The lowest BCUT2D eigenvalue weighted by Crippen LogP contribution is -2.25. The van der Waals surface area contributed by atoms with Crippen LogP contribution in [0.2, 0.25) is 0 Å². The fraction of sp³-hybridized carbons (Fsp3) is 0.421. The highest BCUT2D eigenvalue weighted by molar-refractivity contribution is 5.77. The highest BCUT2D eigenvalue weighted by Crippen LogP contribution is 2.35. The summed E-state index contributed by atoms with van der Waals surface area (Å²) in [5, 5.41) is 18.9. The van der Waals surface area contributed by atoms with E-state index in [4.69, 9.17) is 9.57 Å². The number of aromatic nitrogens is 2. The Balaban J connectivity index is 1.45. The minimum absolute atomic E-state index is 0.131. The maximum absolute atomic E-state index is 12.0. The van der Waals surface area contributed by atoms with Gasteiger partial charge < -0.3 is 19.8 Å². The van der Waals surface area contributed by atoms with E-state index in [9.17, 15) is 19.8 Å². The molecule has 1 unspecified atom stereocenters. The summed E-state index contributed by atoms with van der Waals surface area (Å²) >= 11 is 0. The molecule has 3 heterocycles. The van der Waals surface area contributed by atoms with Crippen molar-refractivity contribution in [2.75, 3.05) is 20.2 Å². The second kappa shape index (κ2) is 8.75. The fourth-order valence-electron chi connectivity index (χ4n) is 3.40. The number of rotatable bonds is 7. The van der Waals surface area contributed by atoms with Gasteiger partial charge in [-0.1, -0.05) is 6.07 Å². The Labute approximate surface area is 162 Å². The third-order valence-electron chi connectivity index (χ3n) is 4.78. The molecule has 9 heteroatoms. The van der Waals surface area contributed by atoms with Gasteiger partial charge in [0.05, 0.1) is 19.4 Å². The largest absolute Gasteiger partial charge is 0.492 e. The Morgan fingerprint density at radius 2 is 1.89 bits per heavy atom. The zero-order valence-electron chi connectivity index (χ0n) is 15.5. The molecule has 1 fully saturated rings. The molecule has 1 aliphatic rings. The number of hydrogen-bond acceptors (Lipinski definition) is 8. The van der Waals surface area contributed by atoms with Crippen molar-refractivity contribution in [3.05, 3.63) is 42.2 Å². The number of nitrogens with zero attached hydrogens (tertiary/aromatic N) is 3. The van der Waals surface area contributed by atoms with Crippen molar-refractivity contribution in [1.82, 2.24) is 14.6 Å². The zero-order valence-corrected chi connectivity index (χ0v) is 15.5. The van der Waals surface area contributed by atoms with Crippen LogP contribution in [0.5, 0.6) is 11.8 Å². The average molecular weight is 389 g/mol. The monoisotopic (exact) mass is 389 g/mol. The number of aromatic hydroxyl groups is 2. The normalized spacial score (nSPS) is 19.5. The van der Waals surface area contributed by atoms with Crippen molar-refractivity contribution in [3.63, 3.8) is 0 Å². The lowest BCUT2D eigenvalue weighted by Gasteiger charge is -2.25. The SMILES string of the molecule is CN1CC[C@H](COC(=O)CCC(=O)On2c(O)ccc2O)C1c1cccnc1. The molecule has 1 saturated heterocycles. The van der Waals surface area contributed by atoms with E-state index in [1.807, 2.05) is 25.4 Å². The molecule has 0 amide bonds. The summed E-state index contributed by atoms with van der Waals surface area (Å²) in [6.45, 7) is 1.16. The lowest BCUT2D eigenvalue weighted by atomic mass is 9.96. The summed E-state index contributed by atoms with van der Waals surface area (Å²) in [6, 6.07) is 6.38. The molecule has 2 aromatic rings. The molecule has 0 radical (unpaired) electrons. The van der Waals surface area contributed by atoms with Crippen molar-refractivity contribution in [1.29, 1.82) is 0 Å². The van der Waals surface area contributed by atoms with E-state index in [-0.39, 0.29) is 31.4 Å². The Hall–Kier alpha value is -3.07.